The summed E-state index contributed by atoms with van der Waals surface area (Å²) < 4.78 is 23.9. The van der Waals surface area contributed by atoms with Crippen molar-refractivity contribution in [1.29, 1.82) is 0 Å². The summed E-state index contributed by atoms with van der Waals surface area (Å²) in [6.45, 7) is 0.487. The molecule has 2 heterocycles. The average molecular weight is 305 g/mol. The molecular weight excluding hydrogens is 290 g/mol. The number of aromatic nitrogens is 1. The van der Waals surface area contributed by atoms with Crippen LogP contribution < -0.4 is 5.32 Å². The van der Waals surface area contributed by atoms with Gasteiger partial charge in [-0.2, -0.15) is 0 Å². The first-order valence-electron chi connectivity index (χ1n) is 6.55. The van der Waals surface area contributed by atoms with Crippen molar-refractivity contribution in [3.05, 3.63) is 36.5 Å². The Morgan fingerprint density at radius 2 is 2.05 bits per heavy atom. The highest BCUT2D eigenvalue weighted by atomic mass is 32.2. The van der Waals surface area contributed by atoms with Crippen molar-refractivity contribution >= 4 is 32.5 Å². The molecule has 21 heavy (non-hydrogen) atoms. The highest BCUT2D eigenvalue weighted by Gasteiger charge is 2.37. The Bertz CT molecular complexity index is 793. The monoisotopic (exact) mass is 305 g/mol. The lowest BCUT2D eigenvalue weighted by Crippen LogP contribution is -2.53. The van der Waals surface area contributed by atoms with Gasteiger partial charge in [0.2, 0.25) is 15.9 Å². The van der Waals surface area contributed by atoms with Crippen LogP contribution in [0.15, 0.2) is 36.5 Å². The Morgan fingerprint density at radius 3 is 2.76 bits per heavy atom. The third-order valence-corrected chi connectivity index (χ3v) is 4.83. The molecule has 0 aliphatic carbocycles. The zero-order chi connectivity index (χ0) is 15.0. The van der Waals surface area contributed by atoms with E-state index in [4.69, 9.17) is 0 Å². The molecule has 0 bridgehead atoms. The van der Waals surface area contributed by atoms with Gasteiger partial charge < -0.3 is 5.32 Å². The number of sulfonamides is 1. The highest BCUT2D eigenvalue weighted by molar-refractivity contribution is 7.88. The van der Waals surface area contributed by atoms with Gasteiger partial charge in [0.25, 0.3) is 0 Å². The van der Waals surface area contributed by atoms with Crippen molar-refractivity contribution in [3.8, 4) is 0 Å². The Hall–Kier alpha value is -1.99. The summed E-state index contributed by atoms with van der Waals surface area (Å²) in [6, 6.07) is 9.22. The summed E-state index contributed by atoms with van der Waals surface area (Å²) in [4.78, 5) is 16.4. The number of carbonyl (C=O) groups excluding carboxylic acids is 1. The number of hydrogen-bond donors (Lipinski definition) is 1. The standard InChI is InChI=1S/C14H15N3O3S/c1-21(19,20)17-8-10(9-17)14(18)16-13-6-2-5-12-11(13)4-3-7-15-12/h2-7,10H,8-9H2,1H3,(H,16,18). The zero-order valence-corrected chi connectivity index (χ0v) is 12.3. The number of pyridine rings is 1. The van der Waals surface area contributed by atoms with Gasteiger partial charge in [-0.25, -0.2) is 12.7 Å². The topological polar surface area (TPSA) is 79.4 Å². The van der Waals surface area contributed by atoms with Gasteiger partial charge in [0, 0.05) is 24.7 Å². The van der Waals surface area contributed by atoms with Crippen LogP contribution in [0.1, 0.15) is 0 Å². The predicted molar refractivity (Wildman–Crippen MR) is 80.3 cm³/mol. The van der Waals surface area contributed by atoms with Crippen molar-refractivity contribution < 1.29 is 13.2 Å². The third kappa shape index (κ3) is 2.74. The van der Waals surface area contributed by atoms with E-state index in [2.05, 4.69) is 10.3 Å². The summed E-state index contributed by atoms with van der Waals surface area (Å²) in [7, 11) is -3.20. The van der Waals surface area contributed by atoms with Crippen LogP contribution in [-0.4, -0.2) is 43.0 Å². The molecule has 7 heteroatoms. The largest absolute Gasteiger partial charge is 0.325 e. The van der Waals surface area contributed by atoms with Gasteiger partial charge in [-0.05, 0) is 24.3 Å². The normalized spacial score (nSPS) is 16.6. The maximum atomic E-state index is 12.2. The number of rotatable bonds is 3. The molecule has 1 N–H and O–H groups in total. The average Bonchev–Trinajstić information content (AvgIpc) is 2.35. The van der Waals surface area contributed by atoms with Gasteiger partial charge in [0.15, 0.2) is 0 Å². The van der Waals surface area contributed by atoms with Crippen molar-refractivity contribution in [2.75, 3.05) is 24.7 Å². The van der Waals surface area contributed by atoms with Gasteiger partial charge in [0.1, 0.15) is 0 Å². The summed E-state index contributed by atoms with van der Waals surface area (Å²) in [5, 5.41) is 3.73. The second kappa shape index (κ2) is 5.09. The van der Waals surface area contributed by atoms with Crippen LogP contribution in [-0.2, 0) is 14.8 Å². The molecule has 0 atom stereocenters. The Labute approximate surface area is 122 Å². The highest BCUT2D eigenvalue weighted by Crippen LogP contribution is 2.24. The van der Waals surface area contributed by atoms with Crippen LogP contribution >= 0.6 is 0 Å². The van der Waals surface area contributed by atoms with Crippen LogP contribution in [0.4, 0.5) is 5.69 Å². The van der Waals surface area contributed by atoms with Gasteiger partial charge in [-0.3, -0.25) is 9.78 Å². The predicted octanol–water partition coefficient (Wildman–Crippen LogP) is 1.06. The molecule has 1 fully saturated rings. The number of carbonyl (C=O) groups is 1. The molecule has 0 unspecified atom stereocenters. The van der Waals surface area contributed by atoms with Crippen molar-refractivity contribution in [2.45, 2.75) is 0 Å². The minimum Gasteiger partial charge on any atom is -0.325 e. The van der Waals surface area contributed by atoms with Crippen LogP contribution in [0, 0.1) is 5.92 Å². The minimum absolute atomic E-state index is 0.161. The first-order chi connectivity index (χ1) is 9.95. The van der Waals surface area contributed by atoms with E-state index in [-0.39, 0.29) is 24.9 Å². The molecule has 6 nitrogen and oxygen atoms in total. The van der Waals surface area contributed by atoms with E-state index < -0.39 is 10.0 Å². The van der Waals surface area contributed by atoms with Crippen molar-refractivity contribution in [1.82, 2.24) is 9.29 Å². The van der Waals surface area contributed by atoms with E-state index in [0.717, 1.165) is 17.2 Å². The van der Waals surface area contributed by atoms with E-state index >= 15 is 0 Å². The van der Waals surface area contributed by atoms with Crippen LogP contribution in [0.25, 0.3) is 10.9 Å². The van der Waals surface area contributed by atoms with Crippen LogP contribution in [0.3, 0.4) is 0 Å². The SMILES string of the molecule is CS(=O)(=O)N1CC(C(=O)Nc2cccc3ncccc23)C1. The molecule has 1 aromatic carbocycles. The molecule has 1 saturated heterocycles. The number of nitrogens with one attached hydrogen (secondary N) is 1. The smallest absolute Gasteiger partial charge is 0.230 e. The molecule has 1 aliphatic heterocycles. The zero-order valence-electron chi connectivity index (χ0n) is 11.5. The lowest BCUT2D eigenvalue weighted by molar-refractivity contribution is -0.122. The summed E-state index contributed by atoms with van der Waals surface area (Å²) >= 11 is 0. The Morgan fingerprint density at radius 1 is 1.29 bits per heavy atom. The molecule has 0 radical (unpaired) electrons. The van der Waals surface area contributed by atoms with E-state index in [1.54, 1.807) is 6.20 Å². The molecule has 110 valence electrons. The lowest BCUT2D eigenvalue weighted by Gasteiger charge is -2.35. The van der Waals surface area contributed by atoms with Crippen molar-refractivity contribution in [3.63, 3.8) is 0 Å². The molecule has 0 saturated carbocycles. The first kappa shape index (κ1) is 14.0. The summed E-state index contributed by atoms with van der Waals surface area (Å²) in [5.41, 5.74) is 1.50. The molecule has 2 aromatic rings. The second-order valence-corrected chi connectivity index (χ2v) is 7.12. The number of fused-ring (bicyclic) bond motifs is 1. The summed E-state index contributed by atoms with van der Waals surface area (Å²) in [6.07, 6.45) is 2.85. The fourth-order valence-electron chi connectivity index (χ4n) is 2.32. The number of nitrogens with zero attached hydrogens (tertiary/aromatic N) is 2. The number of anilines is 1. The quantitative estimate of drug-likeness (QED) is 0.920. The fourth-order valence-corrected chi connectivity index (χ4v) is 3.22. The number of benzene rings is 1. The van der Waals surface area contributed by atoms with Crippen LogP contribution in [0.5, 0.6) is 0 Å². The van der Waals surface area contributed by atoms with E-state index in [1.165, 1.54) is 4.31 Å². The molecule has 1 aliphatic rings. The number of hydrogen-bond acceptors (Lipinski definition) is 4. The van der Waals surface area contributed by atoms with Gasteiger partial charge in [-0.1, -0.05) is 6.07 Å². The number of amides is 1. The maximum absolute atomic E-state index is 12.2. The third-order valence-electron chi connectivity index (χ3n) is 3.59. The Balaban J connectivity index is 1.74. The van der Waals surface area contributed by atoms with Gasteiger partial charge in [0.05, 0.1) is 23.4 Å². The molecule has 0 spiro atoms. The van der Waals surface area contributed by atoms with Crippen LogP contribution in [0.2, 0.25) is 0 Å². The summed E-state index contributed by atoms with van der Waals surface area (Å²) in [5.74, 6) is -0.460. The first-order valence-corrected chi connectivity index (χ1v) is 8.40. The van der Waals surface area contributed by atoms with E-state index in [1.807, 2.05) is 30.3 Å². The molecular formula is C14H15N3O3S. The van der Waals surface area contributed by atoms with Gasteiger partial charge in [-0.15, -0.1) is 0 Å². The molecule has 3 rings (SSSR count). The van der Waals surface area contributed by atoms with Gasteiger partial charge >= 0.3 is 0 Å². The Kier molecular flexibility index (Phi) is 3.38. The molecule has 1 amide bonds. The van der Waals surface area contributed by atoms with E-state index in [0.29, 0.717) is 5.69 Å². The molecule has 1 aromatic heterocycles. The van der Waals surface area contributed by atoms with E-state index in [9.17, 15) is 13.2 Å². The van der Waals surface area contributed by atoms with Crippen molar-refractivity contribution in [2.24, 2.45) is 5.92 Å². The minimum atomic E-state index is -3.20. The second-order valence-electron chi connectivity index (χ2n) is 5.14. The lowest BCUT2D eigenvalue weighted by atomic mass is 10.0. The maximum Gasteiger partial charge on any atom is 0.230 e. The fraction of sp³-hybridized carbons (Fsp3) is 0.286.